The average molecular weight is 284 g/mol. The van der Waals surface area contributed by atoms with Gasteiger partial charge in [-0.2, -0.15) is 5.10 Å². The van der Waals surface area contributed by atoms with Crippen LogP contribution in [-0.4, -0.2) is 16.8 Å². The van der Waals surface area contributed by atoms with E-state index in [-0.39, 0.29) is 5.82 Å². The molecule has 0 aliphatic heterocycles. The topological polar surface area (TPSA) is 29.9 Å². The van der Waals surface area contributed by atoms with E-state index < -0.39 is 0 Å². The van der Waals surface area contributed by atoms with Crippen molar-refractivity contribution in [3.63, 3.8) is 0 Å². The van der Waals surface area contributed by atoms with Gasteiger partial charge in [0.2, 0.25) is 0 Å². The summed E-state index contributed by atoms with van der Waals surface area (Å²) >= 11 is 3.32. The molecule has 2 aromatic rings. The number of hydrogen-bond donors (Lipinski definition) is 1. The molecular weight excluding hydrogens is 273 g/mol. The molecule has 0 aliphatic rings. The maximum atomic E-state index is 12.9. The van der Waals surface area contributed by atoms with E-state index in [0.29, 0.717) is 11.0 Å². The van der Waals surface area contributed by atoms with Gasteiger partial charge in [-0.25, -0.2) is 9.07 Å². The van der Waals surface area contributed by atoms with Gasteiger partial charge in [0.15, 0.2) is 0 Å². The molecule has 0 fully saturated rings. The third-order valence-corrected chi connectivity index (χ3v) is 2.79. The summed E-state index contributed by atoms with van der Waals surface area (Å²) in [5, 5.41) is 7.39. The number of rotatable bonds is 3. The number of nitrogens with one attached hydrogen (secondary N) is 1. The molecule has 2 rings (SSSR count). The summed E-state index contributed by atoms with van der Waals surface area (Å²) in [4.78, 5) is 0. The van der Waals surface area contributed by atoms with Crippen molar-refractivity contribution in [3.05, 3.63) is 46.4 Å². The zero-order chi connectivity index (χ0) is 11.5. The molecule has 3 nitrogen and oxygen atoms in total. The normalized spacial score (nSPS) is 10.7. The van der Waals surface area contributed by atoms with Crippen LogP contribution in [0.15, 0.2) is 34.9 Å². The van der Waals surface area contributed by atoms with E-state index in [1.807, 2.05) is 19.3 Å². The second-order valence-corrected chi connectivity index (χ2v) is 4.23. The fourth-order valence-electron chi connectivity index (χ4n) is 1.44. The molecule has 16 heavy (non-hydrogen) atoms. The molecule has 0 radical (unpaired) electrons. The van der Waals surface area contributed by atoms with Crippen molar-refractivity contribution in [2.24, 2.45) is 0 Å². The van der Waals surface area contributed by atoms with Crippen LogP contribution in [0.25, 0.3) is 5.69 Å². The number of benzene rings is 1. The van der Waals surface area contributed by atoms with Gasteiger partial charge in [-0.3, -0.25) is 0 Å². The number of halogens is 2. The van der Waals surface area contributed by atoms with E-state index in [9.17, 15) is 4.39 Å². The SMILES string of the molecule is CNCc1ccn(-c2ccc(F)cc2Br)n1. The van der Waals surface area contributed by atoms with Crippen LogP contribution in [0.2, 0.25) is 0 Å². The third-order valence-electron chi connectivity index (χ3n) is 2.16. The second kappa shape index (κ2) is 4.76. The summed E-state index contributed by atoms with van der Waals surface area (Å²) in [7, 11) is 1.87. The highest BCUT2D eigenvalue weighted by Crippen LogP contribution is 2.21. The molecule has 1 heterocycles. The lowest BCUT2D eigenvalue weighted by molar-refractivity contribution is 0.626. The van der Waals surface area contributed by atoms with Gasteiger partial charge in [-0.15, -0.1) is 0 Å². The van der Waals surface area contributed by atoms with E-state index >= 15 is 0 Å². The largest absolute Gasteiger partial charge is 0.314 e. The van der Waals surface area contributed by atoms with Crippen molar-refractivity contribution in [1.29, 1.82) is 0 Å². The van der Waals surface area contributed by atoms with Crippen LogP contribution in [0.3, 0.4) is 0 Å². The Balaban J connectivity index is 2.35. The third kappa shape index (κ3) is 2.31. The highest BCUT2D eigenvalue weighted by atomic mass is 79.9. The fourth-order valence-corrected chi connectivity index (χ4v) is 1.97. The van der Waals surface area contributed by atoms with Crippen molar-refractivity contribution in [1.82, 2.24) is 15.1 Å². The maximum Gasteiger partial charge on any atom is 0.124 e. The molecule has 1 aromatic carbocycles. The second-order valence-electron chi connectivity index (χ2n) is 3.38. The molecule has 0 aliphatic carbocycles. The molecular formula is C11H11BrFN3. The molecule has 0 saturated heterocycles. The Hall–Kier alpha value is -1.20. The van der Waals surface area contributed by atoms with E-state index in [0.717, 1.165) is 11.4 Å². The zero-order valence-corrected chi connectivity index (χ0v) is 10.3. The molecule has 0 amide bonds. The minimum absolute atomic E-state index is 0.266. The van der Waals surface area contributed by atoms with Crippen molar-refractivity contribution < 1.29 is 4.39 Å². The van der Waals surface area contributed by atoms with Crippen LogP contribution in [0.5, 0.6) is 0 Å². The van der Waals surface area contributed by atoms with Gasteiger partial charge < -0.3 is 5.32 Å². The molecule has 0 spiro atoms. The standard InChI is InChI=1S/C11H11BrFN3/c1-14-7-9-4-5-16(15-9)11-3-2-8(13)6-10(11)12/h2-6,14H,7H2,1H3. The summed E-state index contributed by atoms with van der Waals surface area (Å²) in [5.74, 6) is -0.266. The van der Waals surface area contributed by atoms with E-state index in [2.05, 4.69) is 26.3 Å². The van der Waals surface area contributed by atoms with E-state index in [1.165, 1.54) is 12.1 Å². The molecule has 0 saturated carbocycles. The van der Waals surface area contributed by atoms with Crippen molar-refractivity contribution in [2.45, 2.75) is 6.54 Å². The quantitative estimate of drug-likeness (QED) is 0.938. The monoisotopic (exact) mass is 283 g/mol. The first-order valence-electron chi connectivity index (χ1n) is 4.85. The molecule has 5 heteroatoms. The van der Waals surface area contributed by atoms with Gasteiger partial charge >= 0.3 is 0 Å². The molecule has 0 atom stereocenters. The van der Waals surface area contributed by atoms with Crippen molar-refractivity contribution in [3.8, 4) is 5.69 Å². The Bertz CT molecular complexity index is 496. The van der Waals surface area contributed by atoms with E-state index in [1.54, 1.807) is 10.7 Å². The Morgan fingerprint density at radius 2 is 2.25 bits per heavy atom. The van der Waals surface area contributed by atoms with Gasteiger partial charge in [-0.1, -0.05) is 0 Å². The van der Waals surface area contributed by atoms with Crippen molar-refractivity contribution in [2.75, 3.05) is 7.05 Å². The Kier molecular flexibility index (Phi) is 3.36. The minimum Gasteiger partial charge on any atom is -0.314 e. The minimum atomic E-state index is -0.266. The van der Waals surface area contributed by atoms with Crippen LogP contribution < -0.4 is 5.32 Å². The van der Waals surface area contributed by atoms with Gasteiger partial charge in [0, 0.05) is 17.2 Å². The van der Waals surface area contributed by atoms with Gasteiger partial charge in [0.1, 0.15) is 5.82 Å². The van der Waals surface area contributed by atoms with Crippen LogP contribution in [0, 0.1) is 5.82 Å². The van der Waals surface area contributed by atoms with E-state index in [4.69, 9.17) is 0 Å². The van der Waals surface area contributed by atoms with Gasteiger partial charge in [-0.05, 0) is 47.2 Å². The first kappa shape index (κ1) is 11.3. The highest BCUT2D eigenvalue weighted by Gasteiger charge is 2.05. The summed E-state index contributed by atoms with van der Waals surface area (Å²) in [6.07, 6.45) is 1.85. The lowest BCUT2D eigenvalue weighted by Crippen LogP contribution is -2.06. The number of hydrogen-bond acceptors (Lipinski definition) is 2. The summed E-state index contributed by atoms with van der Waals surface area (Å²) in [5.41, 5.74) is 1.77. The van der Waals surface area contributed by atoms with Crippen LogP contribution in [0.1, 0.15) is 5.69 Å². The van der Waals surface area contributed by atoms with Gasteiger partial charge in [0.25, 0.3) is 0 Å². The Morgan fingerprint density at radius 1 is 1.44 bits per heavy atom. The van der Waals surface area contributed by atoms with Crippen molar-refractivity contribution >= 4 is 15.9 Å². The fraction of sp³-hybridized carbons (Fsp3) is 0.182. The first-order valence-corrected chi connectivity index (χ1v) is 5.64. The lowest BCUT2D eigenvalue weighted by Gasteiger charge is -2.04. The number of aromatic nitrogens is 2. The van der Waals surface area contributed by atoms with Crippen LogP contribution in [0.4, 0.5) is 4.39 Å². The maximum absolute atomic E-state index is 12.9. The molecule has 0 unspecified atom stereocenters. The summed E-state index contributed by atoms with van der Waals surface area (Å²) in [6, 6.07) is 6.45. The molecule has 84 valence electrons. The number of nitrogens with zero attached hydrogens (tertiary/aromatic N) is 2. The Morgan fingerprint density at radius 3 is 2.94 bits per heavy atom. The summed E-state index contributed by atoms with van der Waals surface area (Å²) < 4.78 is 15.3. The Labute approximate surface area is 101 Å². The van der Waals surface area contributed by atoms with Gasteiger partial charge in [0.05, 0.1) is 11.4 Å². The predicted molar refractivity (Wildman–Crippen MR) is 64.0 cm³/mol. The smallest absolute Gasteiger partial charge is 0.124 e. The first-order chi connectivity index (χ1) is 7.70. The lowest BCUT2D eigenvalue weighted by atomic mass is 10.3. The molecule has 0 bridgehead atoms. The van der Waals surface area contributed by atoms with Crippen LogP contribution in [-0.2, 0) is 6.54 Å². The highest BCUT2D eigenvalue weighted by molar-refractivity contribution is 9.10. The average Bonchev–Trinajstić information content (AvgIpc) is 2.67. The molecule has 1 N–H and O–H groups in total. The zero-order valence-electron chi connectivity index (χ0n) is 8.74. The predicted octanol–water partition coefficient (Wildman–Crippen LogP) is 2.49. The summed E-state index contributed by atoms with van der Waals surface area (Å²) in [6.45, 7) is 0.714. The van der Waals surface area contributed by atoms with Crippen LogP contribution >= 0.6 is 15.9 Å². The molecule has 1 aromatic heterocycles.